The van der Waals surface area contributed by atoms with Crippen LogP contribution in [0.5, 0.6) is 5.75 Å². The lowest BCUT2D eigenvalue weighted by Gasteiger charge is -2.11. The summed E-state index contributed by atoms with van der Waals surface area (Å²) >= 11 is 0. The second-order valence-corrected chi connectivity index (χ2v) is 14.2. The number of nitrogens with one attached hydrogen (secondary N) is 3. The summed E-state index contributed by atoms with van der Waals surface area (Å²) in [7, 11) is 0. The Morgan fingerprint density at radius 2 is 1.03 bits per heavy atom. The van der Waals surface area contributed by atoms with Gasteiger partial charge in [-0.15, -0.1) is 13.2 Å². The van der Waals surface area contributed by atoms with E-state index >= 15 is 0 Å². The fraction of sp³-hybridized carbons (Fsp3) is 0.143. The number of rotatable bonds is 12. The van der Waals surface area contributed by atoms with Gasteiger partial charge in [-0.25, -0.2) is 15.6 Å². The zero-order chi connectivity index (χ0) is 44.5. The Hall–Kier alpha value is -8.03. The van der Waals surface area contributed by atoms with Crippen LogP contribution in [-0.4, -0.2) is 29.7 Å². The number of hydrazone groups is 2. The number of alkyl halides is 3. The van der Waals surface area contributed by atoms with Crippen LogP contribution in [0.1, 0.15) is 55.6 Å². The molecule has 6 aromatic rings. The highest BCUT2D eigenvalue weighted by molar-refractivity contribution is 6.03. The van der Waals surface area contributed by atoms with Crippen LogP contribution in [0.25, 0.3) is 0 Å². The Bertz CT molecular complexity index is 2610. The van der Waals surface area contributed by atoms with Crippen molar-refractivity contribution in [1.82, 2.24) is 10.9 Å². The van der Waals surface area contributed by atoms with Crippen molar-refractivity contribution in [3.8, 4) is 17.9 Å². The summed E-state index contributed by atoms with van der Waals surface area (Å²) in [5, 5.41) is 29.1. The first kappa shape index (κ1) is 45.1. The van der Waals surface area contributed by atoms with Crippen molar-refractivity contribution in [2.75, 3.05) is 5.32 Å². The second kappa shape index (κ2) is 21.8. The Balaban J connectivity index is 0.000000236. The summed E-state index contributed by atoms with van der Waals surface area (Å²) in [5.74, 6) is -0.547. The SMILES string of the molecule is Cc1ccc(CC(=O)N/N=C(/Cc2ccc(C#N)cc2)c2cccc(C)c2)cc1.Cc1cccc(/C(Cc2ccc(C#N)cc2)=N/NC(=O)Nc2ccc(OC(F)(F)F)cc2)c1. The van der Waals surface area contributed by atoms with Gasteiger partial charge in [-0.1, -0.05) is 114 Å². The van der Waals surface area contributed by atoms with Crippen LogP contribution in [0.15, 0.2) is 156 Å². The molecule has 10 nitrogen and oxygen atoms in total. The monoisotopic (exact) mass is 833 g/mol. The highest BCUT2D eigenvalue weighted by Crippen LogP contribution is 2.24. The average Bonchev–Trinajstić information content (AvgIpc) is 3.25. The Morgan fingerprint density at radius 3 is 1.48 bits per heavy atom. The van der Waals surface area contributed by atoms with E-state index in [4.69, 9.17) is 10.5 Å². The van der Waals surface area contributed by atoms with Crippen molar-refractivity contribution < 1.29 is 27.5 Å². The van der Waals surface area contributed by atoms with Crippen LogP contribution in [-0.2, 0) is 24.1 Å². The topological polar surface area (TPSA) is 152 Å². The number of nitrogens with zero attached hydrogens (tertiary/aromatic N) is 4. The molecule has 6 rings (SSSR count). The van der Waals surface area contributed by atoms with Crippen LogP contribution < -0.4 is 20.9 Å². The fourth-order valence-electron chi connectivity index (χ4n) is 5.92. The lowest BCUT2D eigenvalue weighted by atomic mass is 10.00. The number of hydrogen-bond donors (Lipinski definition) is 3. The molecule has 0 radical (unpaired) electrons. The summed E-state index contributed by atoms with van der Waals surface area (Å²) in [6.07, 6.45) is -3.55. The average molecular weight is 834 g/mol. The minimum atomic E-state index is -4.79. The Kier molecular flexibility index (Phi) is 15.9. The number of benzene rings is 6. The molecule has 0 unspecified atom stereocenters. The molecule has 312 valence electrons. The van der Waals surface area contributed by atoms with Crippen molar-refractivity contribution in [1.29, 1.82) is 10.5 Å². The van der Waals surface area contributed by atoms with Gasteiger partial charge in [-0.2, -0.15) is 20.7 Å². The number of carbonyl (C=O) groups excluding carboxylic acids is 2. The molecule has 6 aromatic carbocycles. The number of amides is 3. The van der Waals surface area contributed by atoms with Crippen LogP contribution in [0, 0.1) is 43.4 Å². The first-order chi connectivity index (χ1) is 29.7. The Labute approximate surface area is 358 Å². The number of urea groups is 1. The maximum atomic E-state index is 12.4. The quantitative estimate of drug-likeness (QED) is 0.0828. The first-order valence-corrected chi connectivity index (χ1v) is 19.3. The van der Waals surface area contributed by atoms with E-state index in [9.17, 15) is 22.8 Å². The number of halogens is 3. The maximum absolute atomic E-state index is 12.4. The van der Waals surface area contributed by atoms with Crippen molar-refractivity contribution in [2.24, 2.45) is 10.2 Å². The molecule has 0 spiro atoms. The maximum Gasteiger partial charge on any atom is 0.573 e. The lowest BCUT2D eigenvalue weighted by Crippen LogP contribution is -2.26. The molecule has 0 aliphatic rings. The molecule has 0 saturated heterocycles. The second-order valence-electron chi connectivity index (χ2n) is 14.2. The third kappa shape index (κ3) is 15.0. The van der Waals surface area contributed by atoms with Crippen LogP contribution in [0.2, 0.25) is 0 Å². The van der Waals surface area contributed by atoms with Gasteiger partial charge in [0.2, 0.25) is 5.91 Å². The molecule has 0 fully saturated rings. The van der Waals surface area contributed by atoms with E-state index in [0.717, 1.165) is 62.4 Å². The van der Waals surface area contributed by atoms with E-state index in [0.29, 0.717) is 29.7 Å². The number of ether oxygens (including phenoxy) is 1. The highest BCUT2D eigenvalue weighted by atomic mass is 19.4. The molecule has 3 N–H and O–H groups in total. The van der Waals surface area contributed by atoms with E-state index in [1.165, 1.54) is 12.1 Å². The molecule has 0 saturated carbocycles. The van der Waals surface area contributed by atoms with E-state index < -0.39 is 18.1 Å². The highest BCUT2D eigenvalue weighted by Gasteiger charge is 2.31. The molecule has 13 heteroatoms. The lowest BCUT2D eigenvalue weighted by molar-refractivity contribution is -0.274. The van der Waals surface area contributed by atoms with Gasteiger partial charge < -0.3 is 10.1 Å². The van der Waals surface area contributed by atoms with Crippen LogP contribution >= 0.6 is 0 Å². The molecular formula is C49H42F3N7O3. The third-order valence-corrected chi connectivity index (χ3v) is 9.05. The largest absolute Gasteiger partial charge is 0.573 e. The third-order valence-electron chi connectivity index (χ3n) is 9.05. The number of aryl methyl sites for hydroxylation is 3. The molecule has 3 amide bonds. The van der Waals surface area contributed by atoms with Gasteiger partial charge in [0.05, 0.1) is 41.1 Å². The van der Waals surface area contributed by atoms with Gasteiger partial charge in [0, 0.05) is 18.5 Å². The van der Waals surface area contributed by atoms with Crippen LogP contribution in [0.4, 0.5) is 23.7 Å². The standard InChI is InChI=1S/C25H23N3O.C24H19F3N4O2/c1-18-6-8-21(9-7-18)16-25(29)28-27-24(23-5-3-4-19(2)14-23)15-20-10-12-22(17-26)13-11-20;1-16-3-2-4-19(13-16)22(14-17-5-7-18(15-28)8-6-17)30-31-23(32)29-20-9-11-21(12-10-20)33-24(25,26)27/h3-14H,15-16H2,1-2H3,(H,28,29);2-13H,14H2,1H3,(H2,29,31,32)/b27-24-;30-22+. The minimum Gasteiger partial charge on any atom is -0.406 e. The van der Waals surface area contributed by atoms with Crippen molar-refractivity contribution in [3.05, 3.63) is 201 Å². The number of nitriles is 2. The fourth-order valence-corrected chi connectivity index (χ4v) is 5.92. The molecular weight excluding hydrogens is 792 g/mol. The van der Waals surface area contributed by atoms with E-state index in [1.807, 2.05) is 112 Å². The first-order valence-electron chi connectivity index (χ1n) is 19.3. The minimum absolute atomic E-state index is 0.154. The summed E-state index contributed by atoms with van der Waals surface area (Å²) < 4.78 is 40.6. The van der Waals surface area contributed by atoms with Crippen molar-refractivity contribution >= 4 is 29.0 Å². The van der Waals surface area contributed by atoms with E-state index in [2.05, 4.69) is 49.3 Å². The molecule has 0 aliphatic heterocycles. The molecule has 0 aromatic heterocycles. The smallest absolute Gasteiger partial charge is 0.406 e. The Morgan fingerprint density at radius 1 is 0.581 bits per heavy atom. The zero-order valence-electron chi connectivity index (χ0n) is 34.1. The van der Waals surface area contributed by atoms with Gasteiger partial charge in [-0.3, -0.25) is 4.79 Å². The van der Waals surface area contributed by atoms with Gasteiger partial charge in [0.25, 0.3) is 0 Å². The van der Waals surface area contributed by atoms with Crippen molar-refractivity contribution in [2.45, 2.75) is 46.4 Å². The predicted octanol–water partition coefficient (Wildman–Crippen LogP) is 10.0. The normalized spacial score (nSPS) is 11.2. The molecule has 0 bridgehead atoms. The number of carbonyl (C=O) groups is 2. The number of hydrogen-bond acceptors (Lipinski definition) is 7. The van der Waals surface area contributed by atoms with Gasteiger partial charge in [-0.05, 0) is 97.1 Å². The number of anilines is 1. The summed E-state index contributed by atoms with van der Waals surface area (Å²) in [6, 6.07) is 46.3. The van der Waals surface area contributed by atoms with Gasteiger partial charge >= 0.3 is 12.4 Å². The van der Waals surface area contributed by atoms with E-state index in [-0.39, 0.29) is 18.0 Å². The predicted molar refractivity (Wildman–Crippen MR) is 233 cm³/mol. The zero-order valence-corrected chi connectivity index (χ0v) is 34.1. The van der Waals surface area contributed by atoms with Gasteiger partial charge in [0.15, 0.2) is 0 Å². The molecule has 0 atom stereocenters. The molecule has 62 heavy (non-hydrogen) atoms. The summed E-state index contributed by atoms with van der Waals surface area (Å²) in [6.45, 7) is 5.99. The summed E-state index contributed by atoms with van der Waals surface area (Å²) in [4.78, 5) is 24.7. The summed E-state index contributed by atoms with van der Waals surface area (Å²) in [5.41, 5.74) is 15.9. The van der Waals surface area contributed by atoms with Crippen molar-refractivity contribution in [3.63, 3.8) is 0 Å². The molecule has 0 aliphatic carbocycles. The van der Waals surface area contributed by atoms with Crippen LogP contribution in [0.3, 0.4) is 0 Å². The van der Waals surface area contributed by atoms with E-state index in [1.54, 1.807) is 24.3 Å². The molecule has 0 heterocycles. The van der Waals surface area contributed by atoms with Gasteiger partial charge in [0.1, 0.15) is 5.75 Å².